The van der Waals surface area contributed by atoms with E-state index in [4.69, 9.17) is 0 Å². The first-order valence-corrected chi connectivity index (χ1v) is 6.12. The highest BCUT2D eigenvalue weighted by molar-refractivity contribution is 5.87. The van der Waals surface area contributed by atoms with Gasteiger partial charge in [-0.1, -0.05) is 0 Å². The third kappa shape index (κ3) is 2.08. The molecule has 0 aromatic carbocycles. The van der Waals surface area contributed by atoms with Crippen molar-refractivity contribution in [3.8, 4) is 0 Å². The van der Waals surface area contributed by atoms with E-state index < -0.39 is 0 Å². The van der Waals surface area contributed by atoms with Gasteiger partial charge in [-0.2, -0.15) is 0 Å². The summed E-state index contributed by atoms with van der Waals surface area (Å²) >= 11 is 0. The van der Waals surface area contributed by atoms with Crippen molar-refractivity contribution in [1.82, 2.24) is 10.2 Å². The molecule has 2 fully saturated rings. The van der Waals surface area contributed by atoms with Gasteiger partial charge in [0, 0.05) is 11.5 Å². The average molecular weight is 210 g/mol. The molecule has 86 valence electrons. The van der Waals surface area contributed by atoms with Crippen LogP contribution in [-0.2, 0) is 4.79 Å². The fourth-order valence-electron chi connectivity index (χ4n) is 2.85. The number of ketones is 1. The number of nitrogens with one attached hydrogen (secondary N) is 1. The molecule has 2 heterocycles. The van der Waals surface area contributed by atoms with Crippen LogP contribution in [-0.4, -0.2) is 42.9 Å². The summed E-state index contributed by atoms with van der Waals surface area (Å²) in [5.74, 6) is 0.456. The zero-order valence-corrected chi connectivity index (χ0v) is 9.88. The second-order valence-corrected chi connectivity index (χ2v) is 5.26. The number of likely N-dealkylation sites (tertiary alicyclic amines) is 1. The average Bonchev–Trinajstić information content (AvgIpc) is 2.23. The standard InChI is InChI=1S/C12H22N2O/c1-10(2)14-7-4-12(5-8-14)3-6-13-9-11(12)15/h10,13H,3-9H2,1-2H3. The molecule has 3 nitrogen and oxygen atoms in total. The van der Waals surface area contributed by atoms with E-state index in [9.17, 15) is 4.79 Å². The van der Waals surface area contributed by atoms with Crippen molar-refractivity contribution in [2.24, 2.45) is 5.41 Å². The molecule has 0 radical (unpaired) electrons. The van der Waals surface area contributed by atoms with Gasteiger partial charge in [-0.3, -0.25) is 4.79 Å². The highest BCUT2D eigenvalue weighted by Gasteiger charge is 2.42. The first-order valence-electron chi connectivity index (χ1n) is 6.12. The maximum absolute atomic E-state index is 12.0. The van der Waals surface area contributed by atoms with Crippen molar-refractivity contribution in [3.63, 3.8) is 0 Å². The summed E-state index contributed by atoms with van der Waals surface area (Å²) in [7, 11) is 0. The van der Waals surface area contributed by atoms with Crippen molar-refractivity contribution in [3.05, 3.63) is 0 Å². The summed E-state index contributed by atoms with van der Waals surface area (Å²) in [6.07, 6.45) is 3.20. The molecule has 0 atom stereocenters. The molecule has 0 unspecified atom stereocenters. The van der Waals surface area contributed by atoms with Gasteiger partial charge in [0.15, 0.2) is 5.78 Å². The van der Waals surface area contributed by atoms with E-state index in [1.54, 1.807) is 0 Å². The third-order valence-corrected chi connectivity index (χ3v) is 4.14. The number of carbonyl (C=O) groups excluding carboxylic acids is 1. The minimum Gasteiger partial charge on any atom is -0.310 e. The van der Waals surface area contributed by atoms with Gasteiger partial charge in [0.25, 0.3) is 0 Å². The molecule has 0 aromatic rings. The molecule has 0 aliphatic carbocycles. The molecule has 2 aliphatic rings. The van der Waals surface area contributed by atoms with Crippen LogP contribution >= 0.6 is 0 Å². The van der Waals surface area contributed by atoms with Crippen LogP contribution in [0.5, 0.6) is 0 Å². The molecule has 2 aliphatic heterocycles. The topological polar surface area (TPSA) is 32.3 Å². The predicted octanol–water partition coefficient (Wildman–Crippen LogP) is 1.04. The van der Waals surface area contributed by atoms with E-state index in [0.717, 1.165) is 38.9 Å². The zero-order chi connectivity index (χ0) is 10.9. The van der Waals surface area contributed by atoms with Crippen LogP contribution in [0.1, 0.15) is 33.1 Å². The molecule has 3 heteroatoms. The summed E-state index contributed by atoms with van der Waals surface area (Å²) in [5, 5.41) is 3.18. The smallest absolute Gasteiger partial charge is 0.152 e. The summed E-state index contributed by atoms with van der Waals surface area (Å²) in [4.78, 5) is 14.5. The summed E-state index contributed by atoms with van der Waals surface area (Å²) < 4.78 is 0. The second kappa shape index (κ2) is 4.22. The normalized spacial score (nSPS) is 27.5. The Hall–Kier alpha value is -0.410. The number of Topliss-reactive ketones (excluding diaryl/α,β-unsaturated/α-hetero) is 1. The molecular weight excluding hydrogens is 188 g/mol. The van der Waals surface area contributed by atoms with E-state index in [1.807, 2.05) is 0 Å². The Bertz CT molecular complexity index is 242. The number of hydrogen-bond acceptors (Lipinski definition) is 3. The van der Waals surface area contributed by atoms with E-state index >= 15 is 0 Å². The Labute approximate surface area is 92.2 Å². The lowest BCUT2D eigenvalue weighted by Crippen LogP contribution is -2.52. The second-order valence-electron chi connectivity index (χ2n) is 5.26. The van der Waals surface area contributed by atoms with Gasteiger partial charge in [0.1, 0.15) is 0 Å². The number of piperidine rings is 2. The lowest BCUT2D eigenvalue weighted by atomic mass is 9.70. The maximum atomic E-state index is 12.0. The van der Waals surface area contributed by atoms with Crippen LogP contribution in [0.3, 0.4) is 0 Å². The van der Waals surface area contributed by atoms with Gasteiger partial charge in [-0.15, -0.1) is 0 Å². The molecule has 2 rings (SSSR count). The van der Waals surface area contributed by atoms with Crippen molar-refractivity contribution in [1.29, 1.82) is 0 Å². The van der Waals surface area contributed by atoms with Crippen LogP contribution in [0.2, 0.25) is 0 Å². The Morgan fingerprint density at radius 3 is 2.47 bits per heavy atom. The van der Waals surface area contributed by atoms with Crippen LogP contribution < -0.4 is 5.32 Å². The molecule has 0 bridgehead atoms. The molecule has 15 heavy (non-hydrogen) atoms. The van der Waals surface area contributed by atoms with Crippen LogP contribution in [0.25, 0.3) is 0 Å². The zero-order valence-electron chi connectivity index (χ0n) is 9.88. The maximum Gasteiger partial charge on any atom is 0.152 e. The Morgan fingerprint density at radius 2 is 1.93 bits per heavy atom. The van der Waals surface area contributed by atoms with E-state index in [2.05, 4.69) is 24.1 Å². The monoisotopic (exact) mass is 210 g/mol. The van der Waals surface area contributed by atoms with E-state index in [-0.39, 0.29) is 5.41 Å². The first-order chi connectivity index (χ1) is 7.14. The lowest BCUT2D eigenvalue weighted by molar-refractivity contribution is -0.133. The van der Waals surface area contributed by atoms with Gasteiger partial charge in [-0.05, 0) is 52.7 Å². The number of nitrogens with zero attached hydrogens (tertiary/aromatic N) is 1. The quantitative estimate of drug-likeness (QED) is 0.702. The van der Waals surface area contributed by atoms with Gasteiger partial charge in [0.05, 0.1) is 6.54 Å². The van der Waals surface area contributed by atoms with Crippen LogP contribution in [0.15, 0.2) is 0 Å². The van der Waals surface area contributed by atoms with E-state index in [1.165, 1.54) is 0 Å². The highest BCUT2D eigenvalue weighted by atomic mass is 16.1. The fraction of sp³-hybridized carbons (Fsp3) is 0.917. The minimum atomic E-state index is 0.0383. The van der Waals surface area contributed by atoms with Crippen molar-refractivity contribution >= 4 is 5.78 Å². The Kier molecular flexibility index (Phi) is 3.12. The first kappa shape index (κ1) is 11.1. The van der Waals surface area contributed by atoms with Gasteiger partial charge < -0.3 is 10.2 Å². The van der Waals surface area contributed by atoms with Gasteiger partial charge in [0.2, 0.25) is 0 Å². The van der Waals surface area contributed by atoms with Gasteiger partial charge in [-0.25, -0.2) is 0 Å². The van der Waals surface area contributed by atoms with Crippen LogP contribution in [0, 0.1) is 5.41 Å². The molecule has 0 aromatic heterocycles. The number of carbonyl (C=O) groups is 1. The van der Waals surface area contributed by atoms with Crippen molar-refractivity contribution in [2.75, 3.05) is 26.2 Å². The number of hydrogen-bond donors (Lipinski definition) is 1. The lowest BCUT2D eigenvalue weighted by Gasteiger charge is -2.44. The SMILES string of the molecule is CC(C)N1CCC2(CCNCC2=O)CC1. The Morgan fingerprint density at radius 1 is 1.27 bits per heavy atom. The third-order valence-electron chi connectivity index (χ3n) is 4.14. The van der Waals surface area contributed by atoms with Crippen molar-refractivity contribution < 1.29 is 4.79 Å². The molecule has 0 amide bonds. The number of rotatable bonds is 1. The van der Waals surface area contributed by atoms with E-state index in [0.29, 0.717) is 18.4 Å². The van der Waals surface area contributed by atoms with Gasteiger partial charge >= 0.3 is 0 Å². The van der Waals surface area contributed by atoms with Crippen molar-refractivity contribution in [2.45, 2.75) is 39.2 Å². The summed E-state index contributed by atoms with van der Waals surface area (Å²) in [6.45, 7) is 8.30. The molecule has 1 N–H and O–H groups in total. The summed E-state index contributed by atoms with van der Waals surface area (Å²) in [5.41, 5.74) is 0.0383. The summed E-state index contributed by atoms with van der Waals surface area (Å²) in [6, 6.07) is 0.624. The fourth-order valence-corrected chi connectivity index (χ4v) is 2.85. The predicted molar refractivity (Wildman–Crippen MR) is 60.9 cm³/mol. The molecular formula is C12H22N2O. The highest BCUT2D eigenvalue weighted by Crippen LogP contribution is 2.37. The molecule has 0 saturated carbocycles. The Balaban J connectivity index is 1.98. The van der Waals surface area contributed by atoms with Crippen LogP contribution in [0.4, 0.5) is 0 Å². The largest absolute Gasteiger partial charge is 0.310 e. The molecule has 2 saturated heterocycles. The minimum absolute atomic E-state index is 0.0383. The molecule has 1 spiro atoms.